The van der Waals surface area contributed by atoms with Crippen molar-refractivity contribution in [1.82, 2.24) is 5.32 Å². The number of aliphatic hydroxyl groups is 2. The molecule has 2 aliphatic rings. The van der Waals surface area contributed by atoms with Crippen molar-refractivity contribution in [2.75, 3.05) is 44.3 Å². The lowest BCUT2D eigenvalue weighted by Gasteiger charge is -2.34. The van der Waals surface area contributed by atoms with Crippen molar-refractivity contribution in [2.24, 2.45) is 0 Å². The number of nitrogens with zero attached hydrogens (tertiary/aromatic N) is 1. The van der Waals surface area contributed by atoms with Crippen LogP contribution in [-0.4, -0.2) is 49.6 Å². The Kier molecular flexibility index (Phi) is 3.95. The van der Waals surface area contributed by atoms with Gasteiger partial charge in [-0.2, -0.15) is 0 Å². The zero-order valence-corrected chi connectivity index (χ0v) is 11.4. The third kappa shape index (κ3) is 2.30. The number of hydrogen-bond donors (Lipinski definition) is 3. The maximum absolute atomic E-state index is 9.65. The molecule has 110 valence electrons. The van der Waals surface area contributed by atoms with Gasteiger partial charge in [0.25, 0.3) is 0 Å². The molecule has 20 heavy (non-hydrogen) atoms. The van der Waals surface area contributed by atoms with Crippen molar-refractivity contribution < 1.29 is 19.7 Å². The SMILES string of the molecule is OCc1cc(CO)c(N2CCNCC2)c2c1OCCO2. The second kappa shape index (κ2) is 5.87. The highest BCUT2D eigenvalue weighted by molar-refractivity contribution is 5.72. The Balaban J connectivity index is 2.10. The second-order valence-electron chi connectivity index (χ2n) is 4.95. The van der Waals surface area contributed by atoms with Crippen molar-refractivity contribution in [3.63, 3.8) is 0 Å². The van der Waals surface area contributed by atoms with E-state index >= 15 is 0 Å². The summed E-state index contributed by atoms with van der Waals surface area (Å²) in [6, 6.07) is 1.81. The van der Waals surface area contributed by atoms with E-state index < -0.39 is 0 Å². The maximum atomic E-state index is 9.65. The highest BCUT2D eigenvalue weighted by atomic mass is 16.6. The zero-order valence-electron chi connectivity index (χ0n) is 11.4. The highest BCUT2D eigenvalue weighted by Crippen LogP contribution is 2.45. The molecule has 1 aromatic rings. The van der Waals surface area contributed by atoms with E-state index in [2.05, 4.69) is 10.2 Å². The van der Waals surface area contributed by atoms with E-state index in [1.54, 1.807) is 0 Å². The molecule has 0 atom stereocenters. The maximum Gasteiger partial charge on any atom is 0.185 e. The van der Waals surface area contributed by atoms with E-state index in [0.29, 0.717) is 30.3 Å². The van der Waals surface area contributed by atoms with Crippen LogP contribution in [0, 0.1) is 0 Å². The van der Waals surface area contributed by atoms with Crippen molar-refractivity contribution in [3.05, 3.63) is 17.2 Å². The number of hydrogen-bond acceptors (Lipinski definition) is 6. The summed E-state index contributed by atoms with van der Waals surface area (Å²) >= 11 is 0. The minimum atomic E-state index is -0.124. The average molecular weight is 280 g/mol. The number of aliphatic hydroxyl groups excluding tert-OH is 2. The van der Waals surface area contributed by atoms with Crippen LogP contribution in [0.5, 0.6) is 11.5 Å². The van der Waals surface area contributed by atoms with E-state index in [1.807, 2.05) is 6.07 Å². The molecular formula is C14H20N2O4. The number of nitrogens with one attached hydrogen (secondary N) is 1. The Hall–Kier alpha value is -1.50. The first kappa shape index (κ1) is 13.5. The monoisotopic (exact) mass is 280 g/mol. The number of ether oxygens (including phenoxy) is 2. The number of piperazine rings is 1. The third-order valence-electron chi connectivity index (χ3n) is 3.72. The number of benzene rings is 1. The lowest BCUT2D eigenvalue weighted by Crippen LogP contribution is -2.44. The summed E-state index contributed by atoms with van der Waals surface area (Å²) in [5.74, 6) is 1.28. The van der Waals surface area contributed by atoms with Crippen molar-refractivity contribution in [1.29, 1.82) is 0 Å². The highest BCUT2D eigenvalue weighted by Gasteiger charge is 2.27. The fraction of sp³-hybridized carbons (Fsp3) is 0.571. The molecule has 0 unspecified atom stereocenters. The molecular weight excluding hydrogens is 260 g/mol. The van der Waals surface area contributed by atoms with Gasteiger partial charge in [-0.3, -0.25) is 0 Å². The van der Waals surface area contributed by atoms with Gasteiger partial charge in [-0.25, -0.2) is 0 Å². The largest absolute Gasteiger partial charge is 0.486 e. The molecule has 0 bridgehead atoms. The molecule has 0 spiro atoms. The van der Waals surface area contributed by atoms with Gasteiger partial charge < -0.3 is 29.9 Å². The quantitative estimate of drug-likeness (QED) is 0.715. The molecule has 1 fully saturated rings. The van der Waals surface area contributed by atoms with Gasteiger partial charge in [-0.05, 0) is 6.07 Å². The van der Waals surface area contributed by atoms with Gasteiger partial charge in [0.2, 0.25) is 0 Å². The summed E-state index contributed by atoms with van der Waals surface area (Å²) in [5, 5.41) is 22.4. The Morgan fingerprint density at radius 1 is 1.00 bits per heavy atom. The topological polar surface area (TPSA) is 74.2 Å². The van der Waals surface area contributed by atoms with E-state index in [1.165, 1.54) is 0 Å². The summed E-state index contributed by atoms with van der Waals surface area (Å²) in [6.07, 6.45) is 0. The first-order chi connectivity index (χ1) is 9.85. The molecule has 0 aliphatic carbocycles. The summed E-state index contributed by atoms with van der Waals surface area (Å²) < 4.78 is 11.5. The Bertz CT molecular complexity index is 487. The van der Waals surface area contributed by atoms with Gasteiger partial charge in [0.15, 0.2) is 11.5 Å². The van der Waals surface area contributed by atoms with E-state index in [9.17, 15) is 10.2 Å². The van der Waals surface area contributed by atoms with E-state index in [0.717, 1.165) is 37.4 Å². The predicted octanol–water partition coefficient (Wildman–Crippen LogP) is -0.148. The second-order valence-corrected chi connectivity index (χ2v) is 4.95. The van der Waals surface area contributed by atoms with Gasteiger partial charge in [0, 0.05) is 37.3 Å². The van der Waals surface area contributed by atoms with Crippen LogP contribution in [-0.2, 0) is 13.2 Å². The van der Waals surface area contributed by atoms with Gasteiger partial charge in [-0.1, -0.05) is 0 Å². The van der Waals surface area contributed by atoms with Gasteiger partial charge in [-0.15, -0.1) is 0 Å². The molecule has 1 saturated heterocycles. The molecule has 3 N–H and O–H groups in total. The van der Waals surface area contributed by atoms with Crippen LogP contribution in [0.2, 0.25) is 0 Å². The van der Waals surface area contributed by atoms with Crippen LogP contribution in [0.1, 0.15) is 11.1 Å². The third-order valence-corrected chi connectivity index (χ3v) is 3.72. The van der Waals surface area contributed by atoms with Crippen LogP contribution < -0.4 is 19.7 Å². The van der Waals surface area contributed by atoms with Crippen molar-refractivity contribution in [3.8, 4) is 11.5 Å². The molecule has 0 radical (unpaired) electrons. The smallest absolute Gasteiger partial charge is 0.185 e. The molecule has 0 aromatic heterocycles. The van der Waals surface area contributed by atoms with Crippen LogP contribution in [0.25, 0.3) is 0 Å². The standard InChI is InChI=1S/C14H20N2O4/c17-8-10-7-11(9-18)13-14(20-6-5-19-13)12(10)16-3-1-15-2-4-16/h7,15,17-18H,1-6,8-9H2. The van der Waals surface area contributed by atoms with Crippen molar-refractivity contribution >= 4 is 5.69 Å². The Morgan fingerprint density at radius 3 is 2.30 bits per heavy atom. The Labute approximate surface area is 117 Å². The zero-order chi connectivity index (χ0) is 13.9. The fourth-order valence-corrected chi connectivity index (χ4v) is 2.80. The predicted molar refractivity (Wildman–Crippen MR) is 74.4 cm³/mol. The average Bonchev–Trinajstić information content (AvgIpc) is 2.54. The summed E-state index contributed by atoms with van der Waals surface area (Å²) in [5.41, 5.74) is 2.35. The molecule has 3 rings (SSSR count). The lowest BCUT2D eigenvalue weighted by molar-refractivity contribution is 0.164. The van der Waals surface area contributed by atoms with Crippen LogP contribution in [0.3, 0.4) is 0 Å². The van der Waals surface area contributed by atoms with Crippen molar-refractivity contribution in [2.45, 2.75) is 13.2 Å². The number of rotatable bonds is 3. The molecule has 0 saturated carbocycles. The first-order valence-corrected chi connectivity index (χ1v) is 6.97. The molecule has 2 aliphatic heterocycles. The number of anilines is 1. The normalized spacial score (nSPS) is 18.2. The summed E-state index contributed by atoms with van der Waals surface area (Å²) in [7, 11) is 0. The van der Waals surface area contributed by atoms with Crippen LogP contribution in [0.4, 0.5) is 5.69 Å². The molecule has 6 nitrogen and oxygen atoms in total. The fourth-order valence-electron chi connectivity index (χ4n) is 2.80. The molecule has 2 heterocycles. The van der Waals surface area contributed by atoms with Gasteiger partial charge in [0.1, 0.15) is 13.2 Å². The van der Waals surface area contributed by atoms with Crippen LogP contribution >= 0.6 is 0 Å². The minimum absolute atomic E-state index is 0.0805. The Morgan fingerprint density at radius 2 is 1.65 bits per heavy atom. The molecule has 0 amide bonds. The summed E-state index contributed by atoms with van der Waals surface area (Å²) in [4.78, 5) is 2.21. The van der Waals surface area contributed by atoms with E-state index in [-0.39, 0.29) is 13.2 Å². The summed E-state index contributed by atoms with van der Waals surface area (Å²) in [6.45, 7) is 4.31. The molecule has 6 heteroatoms. The first-order valence-electron chi connectivity index (χ1n) is 6.97. The minimum Gasteiger partial charge on any atom is -0.486 e. The van der Waals surface area contributed by atoms with Gasteiger partial charge >= 0.3 is 0 Å². The molecule has 1 aromatic carbocycles. The lowest BCUT2D eigenvalue weighted by atomic mass is 10.0. The number of fused-ring (bicyclic) bond motifs is 1. The van der Waals surface area contributed by atoms with Gasteiger partial charge in [0.05, 0.1) is 18.9 Å². The van der Waals surface area contributed by atoms with Crippen LogP contribution in [0.15, 0.2) is 6.07 Å². The van der Waals surface area contributed by atoms with E-state index in [4.69, 9.17) is 9.47 Å².